The first kappa shape index (κ1) is 17.6. The molecule has 4 nitrogen and oxygen atoms in total. The highest BCUT2D eigenvalue weighted by Gasteiger charge is 2.17. The summed E-state index contributed by atoms with van der Waals surface area (Å²) in [7, 11) is 1.57. The number of esters is 1. The van der Waals surface area contributed by atoms with Crippen molar-refractivity contribution in [3.63, 3.8) is 0 Å². The van der Waals surface area contributed by atoms with Gasteiger partial charge in [0.1, 0.15) is 23.5 Å². The molecule has 24 heavy (non-hydrogen) atoms. The van der Waals surface area contributed by atoms with E-state index >= 15 is 0 Å². The topological polar surface area (TPSA) is 59.3 Å². The van der Waals surface area contributed by atoms with Gasteiger partial charge in [-0.3, -0.25) is 0 Å². The van der Waals surface area contributed by atoms with Gasteiger partial charge in [-0.1, -0.05) is 41.9 Å². The fraction of sp³-hybridized carbons (Fsp3) is 0.158. The Kier molecular flexibility index (Phi) is 6.00. The van der Waals surface area contributed by atoms with E-state index in [4.69, 9.17) is 21.1 Å². The number of carbonyl (C=O) groups is 1. The number of ether oxygens (including phenoxy) is 2. The van der Waals surface area contributed by atoms with Gasteiger partial charge in [0.25, 0.3) is 0 Å². The van der Waals surface area contributed by atoms with Crippen LogP contribution in [0.1, 0.15) is 24.2 Å². The zero-order valence-electron chi connectivity index (χ0n) is 13.3. The average molecular weight is 342 g/mol. The predicted molar refractivity (Wildman–Crippen MR) is 92.5 cm³/mol. The molecule has 122 valence electrons. The van der Waals surface area contributed by atoms with E-state index in [1.54, 1.807) is 56.5 Å². The third-order valence-corrected chi connectivity index (χ3v) is 3.74. The fourth-order valence-electron chi connectivity index (χ4n) is 2.10. The first-order chi connectivity index (χ1) is 11.5. The van der Waals surface area contributed by atoms with Crippen LogP contribution in [0.5, 0.6) is 5.75 Å². The third-order valence-electron chi connectivity index (χ3n) is 3.39. The fourth-order valence-corrected chi connectivity index (χ4v) is 2.39. The molecule has 0 N–H and O–H groups in total. The molecule has 0 radical (unpaired) electrons. The number of carbonyl (C=O) groups excluding carboxylic acids is 1. The Labute approximate surface area is 145 Å². The molecule has 0 saturated carbocycles. The molecule has 1 atom stereocenters. The molecule has 0 heterocycles. The SMILES string of the molecule is COc1ccc(/C=C(\C#N)C(=O)OC(C)c2ccccc2Cl)cc1. The van der Waals surface area contributed by atoms with Crippen molar-refractivity contribution in [2.24, 2.45) is 0 Å². The second-order valence-electron chi connectivity index (χ2n) is 5.01. The van der Waals surface area contributed by atoms with Crippen molar-refractivity contribution in [2.75, 3.05) is 7.11 Å². The van der Waals surface area contributed by atoms with Gasteiger partial charge >= 0.3 is 5.97 Å². The number of rotatable bonds is 5. The summed E-state index contributed by atoms with van der Waals surface area (Å²) in [5.41, 5.74) is 1.31. The lowest BCUT2D eigenvalue weighted by Gasteiger charge is -2.14. The van der Waals surface area contributed by atoms with Crippen LogP contribution >= 0.6 is 11.6 Å². The van der Waals surface area contributed by atoms with Crippen molar-refractivity contribution in [1.29, 1.82) is 5.26 Å². The molecule has 2 aromatic rings. The maximum atomic E-state index is 12.2. The van der Waals surface area contributed by atoms with Crippen molar-refractivity contribution in [3.8, 4) is 11.8 Å². The summed E-state index contributed by atoms with van der Waals surface area (Å²) in [6.07, 6.45) is 0.917. The molecular formula is C19H16ClNO3. The summed E-state index contributed by atoms with van der Waals surface area (Å²) in [6.45, 7) is 1.71. The van der Waals surface area contributed by atoms with Crippen molar-refractivity contribution in [2.45, 2.75) is 13.0 Å². The van der Waals surface area contributed by atoms with Crippen LogP contribution in [0.15, 0.2) is 54.1 Å². The zero-order chi connectivity index (χ0) is 17.5. The largest absolute Gasteiger partial charge is 0.497 e. The molecule has 1 unspecified atom stereocenters. The van der Waals surface area contributed by atoms with Crippen molar-refractivity contribution in [1.82, 2.24) is 0 Å². The standard InChI is InChI=1S/C19H16ClNO3/c1-13(17-5-3-4-6-18(17)20)24-19(22)15(12-21)11-14-7-9-16(23-2)10-8-14/h3-11,13H,1-2H3/b15-11+. The van der Waals surface area contributed by atoms with Crippen LogP contribution in [0, 0.1) is 11.3 Å². The number of hydrogen-bond donors (Lipinski definition) is 0. The Bertz CT molecular complexity index is 791. The Morgan fingerprint density at radius 2 is 1.88 bits per heavy atom. The third kappa shape index (κ3) is 4.37. The maximum Gasteiger partial charge on any atom is 0.349 e. The summed E-state index contributed by atoms with van der Waals surface area (Å²) < 4.78 is 10.4. The molecule has 5 heteroatoms. The van der Waals surface area contributed by atoms with Gasteiger partial charge in [-0.2, -0.15) is 5.26 Å². The molecule has 0 spiro atoms. The van der Waals surface area contributed by atoms with E-state index in [0.717, 1.165) is 0 Å². The molecule has 0 aliphatic heterocycles. The summed E-state index contributed by atoms with van der Waals surface area (Å²) in [4.78, 5) is 12.2. The quantitative estimate of drug-likeness (QED) is 0.454. The lowest BCUT2D eigenvalue weighted by atomic mass is 10.1. The van der Waals surface area contributed by atoms with Crippen LogP contribution in [0.4, 0.5) is 0 Å². The predicted octanol–water partition coefficient (Wildman–Crippen LogP) is 4.56. The van der Waals surface area contributed by atoms with E-state index in [-0.39, 0.29) is 5.57 Å². The van der Waals surface area contributed by atoms with Crippen LogP contribution in [-0.2, 0) is 9.53 Å². The van der Waals surface area contributed by atoms with Gasteiger partial charge in [-0.05, 0) is 36.8 Å². The number of benzene rings is 2. The van der Waals surface area contributed by atoms with E-state index in [2.05, 4.69) is 0 Å². The first-order valence-corrected chi connectivity index (χ1v) is 7.64. The van der Waals surface area contributed by atoms with Gasteiger partial charge in [-0.25, -0.2) is 4.79 Å². The lowest BCUT2D eigenvalue weighted by Crippen LogP contribution is -2.11. The number of halogens is 1. The van der Waals surface area contributed by atoms with E-state index < -0.39 is 12.1 Å². The molecule has 0 fully saturated rings. The van der Waals surface area contributed by atoms with E-state index in [9.17, 15) is 10.1 Å². The average Bonchev–Trinajstić information content (AvgIpc) is 2.60. The van der Waals surface area contributed by atoms with E-state index in [1.165, 1.54) is 6.08 Å². The highest BCUT2D eigenvalue weighted by Crippen LogP contribution is 2.26. The summed E-state index contributed by atoms with van der Waals surface area (Å²) >= 11 is 6.09. The molecule has 0 saturated heterocycles. The van der Waals surface area contributed by atoms with Crippen LogP contribution < -0.4 is 4.74 Å². The van der Waals surface area contributed by atoms with Gasteiger partial charge in [0.2, 0.25) is 0 Å². The maximum absolute atomic E-state index is 12.2. The van der Waals surface area contributed by atoms with Crippen LogP contribution in [0.25, 0.3) is 6.08 Å². The Morgan fingerprint density at radius 1 is 1.21 bits per heavy atom. The molecule has 0 aliphatic rings. The summed E-state index contributed by atoms with van der Waals surface area (Å²) in [5, 5.41) is 9.74. The Balaban J connectivity index is 2.15. The summed E-state index contributed by atoms with van der Waals surface area (Å²) in [5.74, 6) is 0.00122. The van der Waals surface area contributed by atoms with Crippen LogP contribution in [0.2, 0.25) is 5.02 Å². The van der Waals surface area contributed by atoms with Gasteiger partial charge < -0.3 is 9.47 Å². The van der Waals surface area contributed by atoms with Gasteiger partial charge in [0, 0.05) is 10.6 Å². The van der Waals surface area contributed by atoms with E-state index in [1.807, 2.05) is 12.1 Å². The highest BCUT2D eigenvalue weighted by molar-refractivity contribution is 6.31. The van der Waals surface area contributed by atoms with Gasteiger partial charge in [0.05, 0.1) is 7.11 Å². The molecule has 0 bridgehead atoms. The highest BCUT2D eigenvalue weighted by atomic mass is 35.5. The number of nitriles is 1. The van der Waals surface area contributed by atoms with Gasteiger partial charge in [-0.15, -0.1) is 0 Å². The van der Waals surface area contributed by atoms with Crippen molar-refractivity contribution < 1.29 is 14.3 Å². The minimum absolute atomic E-state index is 0.0842. The van der Waals surface area contributed by atoms with E-state index in [0.29, 0.717) is 21.9 Å². The Hall–Kier alpha value is -2.77. The smallest absolute Gasteiger partial charge is 0.349 e. The molecule has 0 aliphatic carbocycles. The zero-order valence-corrected chi connectivity index (χ0v) is 14.1. The number of methoxy groups -OCH3 is 1. The monoisotopic (exact) mass is 341 g/mol. The van der Waals surface area contributed by atoms with Crippen molar-refractivity contribution in [3.05, 3.63) is 70.3 Å². The normalized spacial score (nSPS) is 12.2. The second kappa shape index (κ2) is 8.19. The molecular weight excluding hydrogens is 326 g/mol. The molecule has 0 aromatic heterocycles. The van der Waals surface area contributed by atoms with Crippen LogP contribution in [0.3, 0.4) is 0 Å². The number of nitrogens with zero attached hydrogens (tertiary/aromatic N) is 1. The molecule has 2 aromatic carbocycles. The molecule has 2 rings (SSSR count). The first-order valence-electron chi connectivity index (χ1n) is 7.26. The van der Waals surface area contributed by atoms with Crippen molar-refractivity contribution >= 4 is 23.6 Å². The molecule has 0 amide bonds. The number of hydrogen-bond acceptors (Lipinski definition) is 4. The van der Waals surface area contributed by atoms with Gasteiger partial charge in [0.15, 0.2) is 0 Å². The van der Waals surface area contributed by atoms with Crippen LogP contribution in [-0.4, -0.2) is 13.1 Å². The lowest BCUT2D eigenvalue weighted by molar-refractivity contribution is -0.143. The Morgan fingerprint density at radius 3 is 2.46 bits per heavy atom. The minimum Gasteiger partial charge on any atom is -0.497 e. The summed E-state index contributed by atoms with van der Waals surface area (Å²) in [6, 6.07) is 16.0. The second-order valence-corrected chi connectivity index (χ2v) is 5.42. The minimum atomic E-state index is -0.694.